The van der Waals surface area contributed by atoms with Crippen molar-refractivity contribution in [2.45, 2.75) is 19.6 Å². The Balaban J connectivity index is 2.97. The Morgan fingerprint density at radius 2 is 1.95 bits per heavy atom. The molecule has 0 aliphatic carbocycles. The highest BCUT2D eigenvalue weighted by Gasteiger charge is 2.21. The largest absolute Gasteiger partial charge is 0.377 e. The summed E-state index contributed by atoms with van der Waals surface area (Å²) in [5.74, 6) is 0.582. The molecule has 20 heavy (non-hydrogen) atoms. The maximum absolute atomic E-state index is 12.4. The van der Waals surface area contributed by atoms with Crippen LogP contribution in [0.5, 0.6) is 0 Å². The Morgan fingerprint density at radius 1 is 1.30 bits per heavy atom. The van der Waals surface area contributed by atoms with Gasteiger partial charge in [0.1, 0.15) is 12.4 Å². The number of fused-ring (bicyclic) bond motifs is 1. The van der Waals surface area contributed by atoms with Crippen molar-refractivity contribution in [1.29, 1.82) is 0 Å². The Kier molecular flexibility index (Phi) is 3.78. The molecule has 0 radical (unpaired) electrons. The number of aryl methyl sites for hydroxylation is 1. The number of aromatic nitrogens is 4. The van der Waals surface area contributed by atoms with Crippen LogP contribution < -0.4 is 17.0 Å². The van der Waals surface area contributed by atoms with Gasteiger partial charge < -0.3 is 15.0 Å². The molecule has 2 rings (SSSR count). The summed E-state index contributed by atoms with van der Waals surface area (Å²) in [7, 11) is 4.59. The Hall–Kier alpha value is -1.93. The number of ether oxygens (including phenoxy) is 1. The fourth-order valence-electron chi connectivity index (χ4n) is 2.27. The zero-order valence-electron chi connectivity index (χ0n) is 12.1. The molecule has 1 atom stereocenters. The lowest BCUT2D eigenvalue weighted by Gasteiger charge is -2.15. The highest BCUT2D eigenvalue weighted by molar-refractivity contribution is 5.71. The molecule has 0 saturated carbocycles. The van der Waals surface area contributed by atoms with Crippen LogP contribution >= 0.6 is 0 Å². The summed E-state index contributed by atoms with van der Waals surface area (Å²) in [6.07, 6.45) is 0. The molecule has 0 aromatic carbocycles. The van der Waals surface area contributed by atoms with E-state index in [9.17, 15) is 9.59 Å². The second-order valence-corrected chi connectivity index (χ2v) is 4.79. The van der Waals surface area contributed by atoms with Crippen LogP contribution in [0.1, 0.15) is 18.8 Å². The molecule has 0 aliphatic rings. The highest BCUT2D eigenvalue weighted by Crippen LogP contribution is 2.17. The lowest BCUT2D eigenvalue weighted by Crippen LogP contribution is -2.38. The monoisotopic (exact) mass is 281 g/mol. The van der Waals surface area contributed by atoms with E-state index in [1.165, 1.54) is 11.6 Å². The lowest BCUT2D eigenvalue weighted by molar-refractivity contribution is 0.173. The molecule has 0 fully saturated rings. The summed E-state index contributed by atoms with van der Waals surface area (Å²) in [6.45, 7) is 2.50. The van der Waals surface area contributed by atoms with Crippen molar-refractivity contribution in [2.24, 2.45) is 19.8 Å². The van der Waals surface area contributed by atoms with E-state index in [1.54, 1.807) is 18.7 Å². The molecule has 0 saturated heterocycles. The third-order valence-corrected chi connectivity index (χ3v) is 3.42. The van der Waals surface area contributed by atoms with Crippen LogP contribution in [-0.4, -0.2) is 32.3 Å². The van der Waals surface area contributed by atoms with E-state index in [0.717, 1.165) is 4.57 Å². The fourth-order valence-corrected chi connectivity index (χ4v) is 2.27. The van der Waals surface area contributed by atoms with E-state index in [4.69, 9.17) is 10.5 Å². The van der Waals surface area contributed by atoms with Crippen molar-refractivity contribution in [2.75, 3.05) is 13.7 Å². The van der Waals surface area contributed by atoms with Crippen molar-refractivity contribution in [1.82, 2.24) is 18.7 Å². The second kappa shape index (κ2) is 5.22. The summed E-state index contributed by atoms with van der Waals surface area (Å²) in [4.78, 5) is 28.7. The van der Waals surface area contributed by atoms with Crippen LogP contribution in [0.3, 0.4) is 0 Å². The topological polar surface area (TPSA) is 97.1 Å². The van der Waals surface area contributed by atoms with Gasteiger partial charge in [0.25, 0.3) is 5.56 Å². The zero-order valence-corrected chi connectivity index (χ0v) is 12.1. The fraction of sp³-hybridized carbons (Fsp3) is 0.583. The molecule has 8 nitrogen and oxygen atoms in total. The number of nitrogens with two attached hydrogens (primary N) is 1. The van der Waals surface area contributed by atoms with Gasteiger partial charge in [0.15, 0.2) is 11.2 Å². The average molecular weight is 281 g/mol. The van der Waals surface area contributed by atoms with Crippen LogP contribution in [0.25, 0.3) is 11.2 Å². The number of hydrogen-bond acceptors (Lipinski definition) is 5. The predicted octanol–water partition coefficient (Wildman–Crippen LogP) is -0.900. The first-order chi connectivity index (χ1) is 9.43. The maximum Gasteiger partial charge on any atom is 0.332 e. The Bertz CT molecular complexity index is 755. The highest BCUT2D eigenvalue weighted by atomic mass is 16.5. The van der Waals surface area contributed by atoms with E-state index in [0.29, 0.717) is 23.5 Å². The molecular weight excluding hydrogens is 262 g/mol. The normalized spacial score (nSPS) is 13.1. The van der Waals surface area contributed by atoms with Gasteiger partial charge in [-0.25, -0.2) is 9.78 Å². The Morgan fingerprint density at radius 3 is 2.50 bits per heavy atom. The summed E-state index contributed by atoms with van der Waals surface area (Å²) < 4.78 is 9.29. The second-order valence-electron chi connectivity index (χ2n) is 4.79. The van der Waals surface area contributed by atoms with E-state index in [2.05, 4.69) is 4.98 Å². The van der Waals surface area contributed by atoms with Gasteiger partial charge in [-0.3, -0.25) is 13.9 Å². The van der Waals surface area contributed by atoms with Gasteiger partial charge in [-0.05, 0) is 6.92 Å². The van der Waals surface area contributed by atoms with Crippen LogP contribution in [0, 0.1) is 0 Å². The SMILES string of the molecule is COCc1nc2c(c(=O)n(C)c(=O)n2C)n1C(C)CN. The van der Waals surface area contributed by atoms with E-state index in [1.807, 2.05) is 6.92 Å². The molecule has 8 heteroatoms. The first-order valence-corrected chi connectivity index (χ1v) is 6.29. The van der Waals surface area contributed by atoms with Gasteiger partial charge in [-0.15, -0.1) is 0 Å². The average Bonchev–Trinajstić information content (AvgIpc) is 2.82. The minimum absolute atomic E-state index is 0.115. The molecule has 0 bridgehead atoms. The van der Waals surface area contributed by atoms with Gasteiger partial charge in [0.05, 0.1) is 0 Å². The summed E-state index contributed by atoms with van der Waals surface area (Å²) in [6, 6.07) is -0.115. The molecule has 0 amide bonds. The van der Waals surface area contributed by atoms with E-state index >= 15 is 0 Å². The first-order valence-electron chi connectivity index (χ1n) is 6.29. The van der Waals surface area contributed by atoms with Crippen molar-refractivity contribution in [3.8, 4) is 0 Å². The molecule has 1 unspecified atom stereocenters. The number of nitrogens with zero attached hydrogens (tertiary/aromatic N) is 4. The van der Waals surface area contributed by atoms with E-state index < -0.39 is 5.69 Å². The molecule has 0 aliphatic heterocycles. The van der Waals surface area contributed by atoms with Gasteiger partial charge >= 0.3 is 5.69 Å². The van der Waals surface area contributed by atoms with E-state index in [-0.39, 0.29) is 18.2 Å². The number of imidazole rings is 1. The van der Waals surface area contributed by atoms with Gasteiger partial charge in [-0.2, -0.15) is 0 Å². The molecule has 0 spiro atoms. The zero-order chi connectivity index (χ0) is 15.0. The van der Waals surface area contributed by atoms with Crippen LogP contribution in [0.2, 0.25) is 0 Å². The van der Waals surface area contributed by atoms with Gasteiger partial charge in [0.2, 0.25) is 0 Å². The Labute approximate surface area is 115 Å². The summed E-state index contributed by atoms with van der Waals surface area (Å²) in [5, 5.41) is 0. The molecule has 110 valence electrons. The third-order valence-electron chi connectivity index (χ3n) is 3.42. The van der Waals surface area contributed by atoms with Crippen LogP contribution in [0.15, 0.2) is 9.59 Å². The maximum atomic E-state index is 12.4. The molecule has 2 N–H and O–H groups in total. The quantitative estimate of drug-likeness (QED) is 0.783. The number of methoxy groups -OCH3 is 1. The van der Waals surface area contributed by atoms with Crippen molar-refractivity contribution < 1.29 is 4.74 Å². The molecule has 2 aromatic rings. The van der Waals surface area contributed by atoms with Crippen molar-refractivity contribution >= 4 is 11.2 Å². The predicted molar refractivity (Wildman–Crippen MR) is 74.7 cm³/mol. The standard InChI is InChI=1S/C12H19N5O3/c1-7(5-13)17-8(6-20-4)14-10-9(17)11(18)16(3)12(19)15(10)2/h7H,5-6,13H2,1-4H3. The van der Waals surface area contributed by atoms with Gasteiger partial charge in [-0.1, -0.05) is 0 Å². The number of rotatable bonds is 4. The lowest BCUT2D eigenvalue weighted by atomic mass is 10.3. The molecular formula is C12H19N5O3. The first kappa shape index (κ1) is 14.5. The van der Waals surface area contributed by atoms with Crippen molar-refractivity contribution in [3.63, 3.8) is 0 Å². The minimum Gasteiger partial charge on any atom is -0.377 e. The molecule has 2 heterocycles. The summed E-state index contributed by atoms with van der Waals surface area (Å²) >= 11 is 0. The van der Waals surface area contributed by atoms with Crippen LogP contribution in [-0.2, 0) is 25.4 Å². The van der Waals surface area contributed by atoms with Crippen LogP contribution in [0.4, 0.5) is 0 Å². The molecule has 2 aromatic heterocycles. The minimum atomic E-state index is -0.406. The van der Waals surface area contributed by atoms with Crippen molar-refractivity contribution in [3.05, 3.63) is 26.7 Å². The smallest absolute Gasteiger partial charge is 0.332 e. The summed E-state index contributed by atoms with van der Waals surface area (Å²) in [5.41, 5.74) is 5.65. The third kappa shape index (κ3) is 1.97. The van der Waals surface area contributed by atoms with Gasteiger partial charge in [0, 0.05) is 33.8 Å². The number of hydrogen-bond donors (Lipinski definition) is 1.